The molecule has 146 valence electrons. The van der Waals surface area contributed by atoms with Crippen LogP contribution in [-0.2, 0) is 0 Å². The summed E-state index contributed by atoms with van der Waals surface area (Å²) >= 11 is 3.58. The first kappa shape index (κ1) is 18.4. The number of hydrogen-bond donors (Lipinski definition) is 0. The summed E-state index contributed by atoms with van der Waals surface area (Å²) in [6.45, 7) is 4.22. The third-order valence-corrected chi connectivity index (χ3v) is 6.10. The number of hydrazone groups is 1. The largest absolute Gasteiger partial charge is 0.464 e. The molecule has 2 atom stereocenters. The molecule has 5 heteroatoms. The molecule has 0 saturated carbocycles. The highest BCUT2D eigenvalue weighted by Gasteiger charge is 2.41. The van der Waals surface area contributed by atoms with E-state index in [0.717, 1.165) is 33.5 Å². The molecule has 3 aromatic carbocycles. The first-order valence-electron chi connectivity index (χ1n) is 9.64. The third-order valence-electron chi connectivity index (χ3n) is 5.61. The molecule has 0 unspecified atom stereocenters. The van der Waals surface area contributed by atoms with Gasteiger partial charge in [-0.1, -0.05) is 45.8 Å². The number of fused-ring (bicyclic) bond motifs is 3. The van der Waals surface area contributed by atoms with Crippen molar-refractivity contribution in [1.29, 1.82) is 0 Å². The third kappa shape index (κ3) is 3.23. The monoisotopic (exact) mass is 450 g/mol. The van der Waals surface area contributed by atoms with E-state index < -0.39 is 6.23 Å². The molecule has 0 bridgehead atoms. The van der Waals surface area contributed by atoms with Crippen LogP contribution in [0.25, 0.3) is 0 Å². The summed E-state index contributed by atoms with van der Waals surface area (Å²) in [7, 11) is 0. The summed E-state index contributed by atoms with van der Waals surface area (Å²) in [5, 5.41) is 7.03. The van der Waals surface area contributed by atoms with Gasteiger partial charge in [-0.2, -0.15) is 5.10 Å². The Morgan fingerprint density at radius 1 is 1.03 bits per heavy atom. The zero-order chi connectivity index (χ0) is 20.1. The van der Waals surface area contributed by atoms with Crippen molar-refractivity contribution in [3.05, 3.63) is 98.8 Å². The first-order chi connectivity index (χ1) is 14.0. The zero-order valence-electron chi connectivity index (χ0n) is 16.2. The van der Waals surface area contributed by atoms with Gasteiger partial charge in [0.15, 0.2) is 0 Å². The van der Waals surface area contributed by atoms with Gasteiger partial charge in [0.1, 0.15) is 11.6 Å². The van der Waals surface area contributed by atoms with Crippen LogP contribution in [0.15, 0.2) is 70.2 Å². The van der Waals surface area contributed by atoms with Gasteiger partial charge in [0.2, 0.25) is 6.23 Å². The Balaban J connectivity index is 1.62. The standard InChI is InChI=1S/C24H20BrFN2O/c1-14-3-4-15(2)19(11-14)21-13-22-20-12-17(25)7-10-23(20)29-24(28(22)27-21)16-5-8-18(26)9-6-16/h3-12,22,24H,13H2,1-2H3/t22-,24+/m1/s1. The van der Waals surface area contributed by atoms with E-state index in [9.17, 15) is 4.39 Å². The maximum absolute atomic E-state index is 13.5. The van der Waals surface area contributed by atoms with Gasteiger partial charge in [-0.05, 0) is 55.8 Å². The van der Waals surface area contributed by atoms with E-state index in [2.05, 4.69) is 54.0 Å². The number of hydrogen-bond acceptors (Lipinski definition) is 3. The molecule has 0 fully saturated rings. The average molecular weight is 451 g/mol. The summed E-state index contributed by atoms with van der Waals surface area (Å²) in [6, 6.07) is 19.1. The van der Waals surface area contributed by atoms with E-state index in [1.165, 1.54) is 28.8 Å². The van der Waals surface area contributed by atoms with Crippen molar-refractivity contribution in [2.45, 2.75) is 32.5 Å². The molecule has 0 spiro atoms. The second-order valence-electron chi connectivity index (χ2n) is 7.67. The lowest BCUT2D eigenvalue weighted by molar-refractivity contribution is -0.0191. The van der Waals surface area contributed by atoms with Crippen molar-refractivity contribution in [2.24, 2.45) is 5.10 Å². The van der Waals surface area contributed by atoms with E-state index >= 15 is 0 Å². The molecule has 0 amide bonds. The van der Waals surface area contributed by atoms with Crippen LogP contribution in [0.3, 0.4) is 0 Å². The average Bonchev–Trinajstić information content (AvgIpc) is 3.15. The summed E-state index contributed by atoms with van der Waals surface area (Å²) in [5.41, 5.74) is 6.65. The molecule has 0 N–H and O–H groups in total. The molecule has 2 aliphatic heterocycles. The Kier molecular flexibility index (Phi) is 4.43. The van der Waals surface area contributed by atoms with Crippen LogP contribution in [0.4, 0.5) is 4.39 Å². The fourth-order valence-corrected chi connectivity index (χ4v) is 4.49. The van der Waals surface area contributed by atoms with E-state index in [-0.39, 0.29) is 11.9 Å². The lowest BCUT2D eigenvalue weighted by atomic mass is 9.93. The van der Waals surface area contributed by atoms with Gasteiger partial charge < -0.3 is 4.74 Å². The fourth-order valence-electron chi connectivity index (χ4n) is 4.11. The molecular weight excluding hydrogens is 431 g/mol. The van der Waals surface area contributed by atoms with Crippen molar-refractivity contribution in [1.82, 2.24) is 5.01 Å². The summed E-state index contributed by atoms with van der Waals surface area (Å²) in [4.78, 5) is 0. The van der Waals surface area contributed by atoms with Gasteiger partial charge in [-0.15, -0.1) is 0 Å². The predicted molar refractivity (Wildman–Crippen MR) is 116 cm³/mol. The Morgan fingerprint density at radius 2 is 1.83 bits per heavy atom. The Bertz CT molecular complexity index is 1130. The van der Waals surface area contributed by atoms with E-state index in [0.29, 0.717) is 0 Å². The molecule has 3 nitrogen and oxygen atoms in total. The summed E-state index contributed by atoms with van der Waals surface area (Å²) in [5.74, 6) is 0.590. The van der Waals surface area contributed by atoms with Crippen LogP contribution in [0.2, 0.25) is 0 Å². The van der Waals surface area contributed by atoms with Crippen molar-refractivity contribution in [2.75, 3.05) is 0 Å². The molecule has 0 aliphatic carbocycles. The van der Waals surface area contributed by atoms with E-state index in [1.807, 2.05) is 17.1 Å². The number of rotatable bonds is 2. The van der Waals surface area contributed by atoms with Gasteiger partial charge in [-0.3, -0.25) is 0 Å². The minimum absolute atomic E-state index is 0.0706. The normalized spacial score (nSPS) is 20.0. The van der Waals surface area contributed by atoms with Gasteiger partial charge in [0.25, 0.3) is 0 Å². The lowest BCUT2D eigenvalue weighted by Gasteiger charge is -2.38. The highest BCUT2D eigenvalue weighted by atomic mass is 79.9. The molecule has 0 aromatic heterocycles. The van der Waals surface area contributed by atoms with Crippen molar-refractivity contribution < 1.29 is 9.13 Å². The first-order valence-corrected chi connectivity index (χ1v) is 10.4. The Hall–Kier alpha value is -2.66. The second-order valence-corrected chi connectivity index (χ2v) is 8.58. The Labute approximate surface area is 177 Å². The minimum Gasteiger partial charge on any atom is -0.464 e. The highest BCUT2D eigenvalue weighted by Crippen LogP contribution is 2.48. The van der Waals surface area contributed by atoms with Gasteiger partial charge in [0, 0.05) is 27.6 Å². The molecule has 0 saturated heterocycles. The van der Waals surface area contributed by atoms with Crippen LogP contribution < -0.4 is 4.74 Å². The molecule has 2 heterocycles. The molecule has 5 rings (SSSR count). The maximum Gasteiger partial charge on any atom is 0.213 e. The number of benzene rings is 3. The number of aryl methyl sites for hydroxylation is 2. The molecule has 0 radical (unpaired) electrons. The molecule has 2 aliphatic rings. The Morgan fingerprint density at radius 3 is 2.62 bits per heavy atom. The molecule has 3 aromatic rings. The quantitative estimate of drug-likeness (QED) is 0.448. The van der Waals surface area contributed by atoms with Crippen molar-refractivity contribution in [3.63, 3.8) is 0 Å². The fraction of sp³-hybridized carbons (Fsp3) is 0.208. The predicted octanol–water partition coefficient (Wildman–Crippen LogP) is 6.45. The maximum atomic E-state index is 13.5. The zero-order valence-corrected chi connectivity index (χ0v) is 17.8. The SMILES string of the molecule is Cc1ccc(C)c(C2=NN3[C@H](C2)c2cc(Br)ccc2O[C@H]3c2ccc(F)cc2)c1. The summed E-state index contributed by atoms with van der Waals surface area (Å²) < 4.78 is 20.8. The number of nitrogens with zero attached hydrogens (tertiary/aromatic N) is 2. The van der Waals surface area contributed by atoms with Crippen molar-refractivity contribution >= 4 is 21.6 Å². The minimum atomic E-state index is -0.392. The lowest BCUT2D eigenvalue weighted by Crippen LogP contribution is -2.33. The van der Waals surface area contributed by atoms with Gasteiger partial charge in [-0.25, -0.2) is 9.40 Å². The van der Waals surface area contributed by atoms with Crippen LogP contribution in [0, 0.1) is 19.7 Å². The van der Waals surface area contributed by atoms with E-state index in [4.69, 9.17) is 9.84 Å². The molecule has 29 heavy (non-hydrogen) atoms. The van der Waals surface area contributed by atoms with Crippen molar-refractivity contribution in [3.8, 4) is 5.75 Å². The highest BCUT2D eigenvalue weighted by molar-refractivity contribution is 9.10. The van der Waals surface area contributed by atoms with Crippen LogP contribution >= 0.6 is 15.9 Å². The number of ether oxygens (including phenoxy) is 1. The van der Waals surface area contributed by atoms with Gasteiger partial charge in [0.05, 0.1) is 11.8 Å². The van der Waals surface area contributed by atoms with Gasteiger partial charge >= 0.3 is 0 Å². The smallest absolute Gasteiger partial charge is 0.213 e. The van der Waals surface area contributed by atoms with Crippen LogP contribution in [0.5, 0.6) is 5.75 Å². The van der Waals surface area contributed by atoms with E-state index in [1.54, 1.807) is 12.1 Å². The topological polar surface area (TPSA) is 24.8 Å². The van der Waals surface area contributed by atoms with Crippen LogP contribution in [-0.4, -0.2) is 10.7 Å². The van der Waals surface area contributed by atoms with Crippen LogP contribution in [0.1, 0.15) is 46.5 Å². The summed E-state index contributed by atoms with van der Waals surface area (Å²) in [6.07, 6.45) is 0.409. The number of halogens is 2. The molecular formula is C24H20BrFN2O. The second kappa shape index (κ2) is 6.99.